The number of benzene rings is 2. The molecule has 1 aliphatic carbocycles. The number of ether oxygens (including phenoxy) is 1. The lowest BCUT2D eigenvalue weighted by Crippen LogP contribution is -2.55. The summed E-state index contributed by atoms with van der Waals surface area (Å²) in [6, 6.07) is 18.8. The summed E-state index contributed by atoms with van der Waals surface area (Å²) in [6.45, 7) is 0.641. The third-order valence-corrected chi connectivity index (χ3v) is 5.86. The Labute approximate surface area is 160 Å². The van der Waals surface area contributed by atoms with Crippen LogP contribution in [0.1, 0.15) is 52.8 Å². The Morgan fingerprint density at radius 2 is 1.44 bits per heavy atom. The van der Waals surface area contributed by atoms with E-state index < -0.39 is 0 Å². The van der Waals surface area contributed by atoms with Crippen molar-refractivity contribution >= 4 is 11.9 Å². The fraction of sp³-hybridized carbons (Fsp3) is 0.391. The molecule has 0 N–H and O–H groups in total. The quantitative estimate of drug-likeness (QED) is 0.763. The van der Waals surface area contributed by atoms with Gasteiger partial charge in [-0.1, -0.05) is 49.2 Å². The van der Waals surface area contributed by atoms with E-state index in [9.17, 15) is 9.59 Å². The minimum Gasteiger partial charge on any atom is -0.458 e. The molecule has 4 nitrogen and oxygen atoms in total. The number of carbonyl (C=O) groups excluding carboxylic acids is 2. The molecule has 0 spiro atoms. The molecule has 1 amide bonds. The highest BCUT2D eigenvalue weighted by molar-refractivity contribution is 5.94. The highest BCUT2D eigenvalue weighted by atomic mass is 16.5. The fourth-order valence-electron chi connectivity index (χ4n) is 4.53. The third-order valence-electron chi connectivity index (χ3n) is 5.86. The monoisotopic (exact) mass is 363 g/mol. The third kappa shape index (κ3) is 3.75. The number of nitrogens with zero attached hydrogens (tertiary/aromatic N) is 1. The van der Waals surface area contributed by atoms with Gasteiger partial charge >= 0.3 is 5.97 Å². The lowest BCUT2D eigenvalue weighted by atomic mass is 9.76. The van der Waals surface area contributed by atoms with Crippen LogP contribution < -0.4 is 0 Å². The summed E-state index contributed by atoms with van der Waals surface area (Å²) in [5.41, 5.74) is 1.33. The predicted octanol–water partition coefficient (Wildman–Crippen LogP) is 4.32. The lowest BCUT2D eigenvalue weighted by molar-refractivity contribution is -0.0447. The lowest BCUT2D eigenvalue weighted by Gasteiger charge is -2.47. The minimum absolute atomic E-state index is 0.0975. The number of likely N-dealkylation sites (tertiary alicyclic amines) is 1. The second-order valence-electron chi connectivity index (χ2n) is 7.48. The molecule has 2 aromatic rings. The maximum absolute atomic E-state index is 13.0. The van der Waals surface area contributed by atoms with Crippen molar-refractivity contribution in [1.29, 1.82) is 0 Å². The zero-order valence-corrected chi connectivity index (χ0v) is 15.4. The number of carbonyl (C=O) groups is 2. The Hall–Kier alpha value is -2.62. The molecular formula is C23H25NO3. The van der Waals surface area contributed by atoms with Crippen molar-refractivity contribution in [2.75, 3.05) is 6.54 Å². The zero-order valence-electron chi connectivity index (χ0n) is 15.4. The highest BCUT2D eigenvalue weighted by Crippen LogP contribution is 2.38. The van der Waals surface area contributed by atoms with Crippen LogP contribution in [0.5, 0.6) is 0 Å². The first-order valence-corrected chi connectivity index (χ1v) is 9.86. The van der Waals surface area contributed by atoms with Gasteiger partial charge in [0.2, 0.25) is 0 Å². The van der Waals surface area contributed by atoms with E-state index in [1.54, 1.807) is 12.1 Å². The molecule has 4 heteroatoms. The molecule has 2 aliphatic rings. The molecule has 140 valence electrons. The minimum atomic E-state index is -0.257. The van der Waals surface area contributed by atoms with Gasteiger partial charge in [-0.05, 0) is 37.1 Å². The van der Waals surface area contributed by atoms with Gasteiger partial charge in [0.05, 0.1) is 5.56 Å². The van der Waals surface area contributed by atoms with Crippen LogP contribution in [0.2, 0.25) is 0 Å². The van der Waals surface area contributed by atoms with Crippen LogP contribution in [-0.4, -0.2) is 35.5 Å². The average Bonchev–Trinajstić information content (AvgIpc) is 2.75. The number of fused-ring (bicyclic) bond motifs is 1. The van der Waals surface area contributed by atoms with Crippen molar-refractivity contribution in [2.24, 2.45) is 5.92 Å². The smallest absolute Gasteiger partial charge is 0.338 e. The van der Waals surface area contributed by atoms with Gasteiger partial charge in [0, 0.05) is 30.5 Å². The van der Waals surface area contributed by atoms with E-state index in [0.717, 1.165) is 31.2 Å². The number of esters is 1. The van der Waals surface area contributed by atoms with Gasteiger partial charge in [0.1, 0.15) is 6.10 Å². The van der Waals surface area contributed by atoms with Crippen molar-refractivity contribution in [3.63, 3.8) is 0 Å². The van der Waals surface area contributed by atoms with E-state index in [2.05, 4.69) is 0 Å². The van der Waals surface area contributed by atoms with E-state index in [4.69, 9.17) is 4.74 Å². The first-order chi connectivity index (χ1) is 13.2. The van der Waals surface area contributed by atoms with Crippen LogP contribution in [-0.2, 0) is 4.74 Å². The van der Waals surface area contributed by atoms with Crippen LogP contribution >= 0.6 is 0 Å². The molecule has 0 aromatic heterocycles. The Bertz CT molecular complexity index is 790. The Morgan fingerprint density at radius 3 is 2.15 bits per heavy atom. The molecular weight excluding hydrogens is 338 g/mol. The van der Waals surface area contributed by atoms with Crippen LogP contribution in [0.3, 0.4) is 0 Å². The summed E-state index contributed by atoms with van der Waals surface area (Å²) in [4.78, 5) is 27.6. The highest BCUT2D eigenvalue weighted by Gasteiger charge is 2.43. The summed E-state index contributed by atoms with van der Waals surface area (Å²) in [5, 5.41) is 0. The SMILES string of the molecule is O=C(O[C@H]1CCN(C(=O)c2ccccc2)[C@H]2CCCC[C@H]12)c1ccccc1. The second kappa shape index (κ2) is 7.95. The van der Waals surface area contributed by atoms with Gasteiger partial charge in [-0.25, -0.2) is 4.79 Å². The molecule has 3 atom stereocenters. The van der Waals surface area contributed by atoms with Gasteiger partial charge in [-0.15, -0.1) is 0 Å². The summed E-state index contributed by atoms with van der Waals surface area (Å²) >= 11 is 0. The van der Waals surface area contributed by atoms with Crippen molar-refractivity contribution in [3.05, 3.63) is 71.8 Å². The molecule has 1 saturated carbocycles. The number of hydrogen-bond acceptors (Lipinski definition) is 3. The van der Waals surface area contributed by atoms with Gasteiger partial charge in [-0.2, -0.15) is 0 Å². The summed E-state index contributed by atoms with van der Waals surface area (Å²) < 4.78 is 5.90. The van der Waals surface area contributed by atoms with E-state index >= 15 is 0 Å². The van der Waals surface area contributed by atoms with Gasteiger partial charge < -0.3 is 9.64 Å². The van der Waals surface area contributed by atoms with E-state index in [1.165, 1.54) is 0 Å². The van der Waals surface area contributed by atoms with Crippen molar-refractivity contribution in [2.45, 2.75) is 44.2 Å². The van der Waals surface area contributed by atoms with E-state index in [1.807, 2.05) is 53.4 Å². The molecule has 0 unspecified atom stereocenters. The summed E-state index contributed by atoms with van der Waals surface area (Å²) in [7, 11) is 0. The van der Waals surface area contributed by atoms with Gasteiger partial charge in [0.15, 0.2) is 0 Å². The van der Waals surface area contributed by atoms with E-state index in [0.29, 0.717) is 18.5 Å². The molecule has 27 heavy (non-hydrogen) atoms. The Balaban J connectivity index is 1.50. The first-order valence-electron chi connectivity index (χ1n) is 9.86. The largest absolute Gasteiger partial charge is 0.458 e. The number of amides is 1. The number of piperidine rings is 1. The average molecular weight is 363 g/mol. The first kappa shape index (κ1) is 17.8. The molecule has 2 aromatic carbocycles. The topological polar surface area (TPSA) is 46.6 Å². The van der Waals surface area contributed by atoms with Crippen LogP contribution in [0.15, 0.2) is 60.7 Å². The zero-order chi connectivity index (χ0) is 18.6. The molecule has 1 saturated heterocycles. The molecule has 1 heterocycles. The molecule has 2 fully saturated rings. The maximum Gasteiger partial charge on any atom is 0.338 e. The van der Waals surface area contributed by atoms with Crippen molar-refractivity contribution < 1.29 is 14.3 Å². The number of rotatable bonds is 3. The van der Waals surface area contributed by atoms with Crippen LogP contribution in [0, 0.1) is 5.92 Å². The molecule has 4 rings (SSSR count). The maximum atomic E-state index is 13.0. The van der Waals surface area contributed by atoms with Gasteiger partial charge in [-0.3, -0.25) is 4.79 Å². The van der Waals surface area contributed by atoms with Crippen LogP contribution in [0.25, 0.3) is 0 Å². The Morgan fingerprint density at radius 1 is 0.815 bits per heavy atom. The molecule has 0 radical (unpaired) electrons. The predicted molar refractivity (Wildman–Crippen MR) is 103 cm³/mol. The standard InChI is InChI=1S/C23H25NO3/c25-22(17-9-3-1-4-10-17)24-16-15-21(19-13-7-8-14-20(19)24)27-23(26)18-11-5-2-6-12-18/h1-6,9-12,19-21H,7-8,13-16H2/t19-,20-,21-/m0/s1. The van der Waals surface area contributed by atoms with Crippen molar-refractivity contribution in [1.82, 2.24) is 4.90 Å². The van der Waals surface area contributed by atoms with E-state index in [-0.39, 0.29) is 29.9 Å². The summed E-state index contributed by atoms with van der Waals surface area (Å²) in [5.74, 6) is 0.0703. The van der Waals surface area contributed by atoms with Crippen LogP contribution in [0.4, 0.5) is 0 Å². The normalized spacial score (nSPS) is 24.7. The Kier molecular flexibility index (Phi) is 5.23. The summed E-state index contributed by atoms with van der Waals surface area (Å²) in [6.07, 6.45) is 4.85. The molecule has 0 bridgehead atoms. The van der Waals surface area contributed by atoms with Crippen molar-refractivity contribution in [3.8, 4) is 0 Å². The van der Waals surface area contributed by atoms with Gasteiger partial charge in [0.25, 0.3) is 5.91 Å². The molecule has 1 aliphatic heterocycles. The fourth-order valence-corrected chi connectivity index (χ4v) is 4.53. The number of hydrogen-bond donors (Lipinski definition) is 0. The second-order valence-corrected chi connectivity index (χ2v) is 7.48.